The quantitative estimate of drug-likeness (QED) is 0.0186. The second kappa shape index (κ2) is 64.8. The van der Waals surface area contributed by atoms with Crippen LogP contribution < -0.4 is 63.3 Å². The predicted molar refractivity (Wildman–Crippen MR) is 619 cm³/mol. The van der Waals surface area contributed by atoms with E-state index in [1.165, 1.54) is 140 Å². The first-order valence-electron chi connectivity index (χ1n) is 54.1. The Kier molecular flexibility index (Phi) is 58.7. The molecule has 6 aromatic rings. The Morgan fingerprint density at radius 3 is 0.738 bits per heavy atom. The Balaban J connectivity index is 0.000000350. The Bertz CT molecular complexity index is 4860. The lowest BCUT2D eigenvalue weighted by Crippen LogP contribution is -2.46. The fourth-order valence-corrected chi connectivity index (χ4v) is 19.8. The Morgan fingerprint density at radius 2 is 0.524 bits per heavy atom. The summed E-state index contributed by atoms with van der Waals surface area (Å²) in [7, 11) is -9.73. The van der Waals surface area contributed by atoms with E-state index < -0.39 is 91.8 Å². The van der Waals surface area contributed by atoms with Gasteiger partial charge in [-0.1, -0.05) is 132 Å². The van der Waals surface area contributed by atoms with E-state index in [9.17, 15) is 51.5 Å². The number of nitrogens with one attached hydrogen (secondary N) is 9. The molecule has 0 radical (unpaired) electrons. The van der Waals surface area contributed by atoms with Gasteiger partial charge < -0.3 is 62.8 Å². The van der Waals surface area contributed by atoms with Crippen LogP contribution in [0, 0.1) is 42.4 Å². The van der Waals surface area contributed by atoms with Crippen LogP contribution in [0.1, 0.15) is 373 Å². The minimum Gasteiger partial charge on any atom is -0.772 e. The van der Waals surface area contributed by atoms with Gasteiger partial charge in [-0.15, -0.1) is 0 Å². The molecule has 0 bridgehead atoms. The van der Waals surface area contributed by atoms with E-state index in [0.717, 1.165) is 159 Å². The first kappa shape index (κ1) is 131. The molecule has 0 amide bonds. The fraction of sp³-hybridized carbons (Fsp3) is 0.687. The van der Waals surface area contributed by atoms with Gasteiger partial charge in [-0.3, -0.25) is 12.6 Å². The van der Waals surface area contributed by atoms with Crippen molar-refractivity contribution in [3.63, 3.8) is 0 Å². The molecule has 6 aromatic carbocycles. The molecule has 6 aliphatic carbocycles. The van der Waals surface area contributed by atoms with Crippen molar-refractivity contribution in [2.75, 3.05) is 71.2 Å². The molecule has 12 rings (SSSR count). The number of hydrogen-bond donors (Lipinski definition) is 12. The zero-order valence-corrected chi connectivity index (χ0v) is 98.5. The molecule has 0 heterocycles. The average Bonchev–Trinajstić information content (AvgIpc) is 0.825. The van der Waals surface area contributed by atoms with Crippen molar-refractivity contribution < 1.29 is 51.5 Å². The molecule has 145 heavy (non-hydrogen) atoms. The monoisotopic (exact) mass is 2130 g/mol. The predicted octanol–water partition coefficient (Wildman–Crippen LogP) is 24.4. The summed E-state index contributed by atoms with van der Waals surface area (Å²) >= 11 is -5.80. The molecule has 828 valence electrons. The second-order valence-electron chi connectivity index (χ2n) is 47.5. The SMILES string of the molecule is CC(C)(C)S(=O)(=O)NC1CCC(CNc2ccccc2)CC1.CC(C)(C)S(=O)[O-].CC(C)(C)S(=O)[O-].CC(C)(C)S(=O)[O-].CC(C)c1ccc(NCC2CCC(N)CC2)cc1.CCC(C)c1ccc(NCC2CCC(NS(=O)(=O)C(C)(C)C)CC2)cc1.CCCc1ccc(NCC2CCC(NS(=O)(=O)C(C)(C)C)CC2)cc1.CCc1ccc(NCC2CCC(N)CC2)cc1.Cc1ccc(NCC2CCC(N)CC2)cc1. The van der Waals surface area contributed by atoms with Crippen LogP contribution >= 0.6 is 0 Å². The highest BCUT2D eigenvalue weighted by molar-refractivity contribution is 7.91. The van der Waals surface area contributed by atoms with Gasteiger partial charge >= 0.3 is 0 Å². The van der Waals surface area contributed by atoms with Gasteiger partial charge in [0.1, 0.15) is 0 Å². The minimum absolute atomic E-state index is 0.0882. The van der Waals surface area contributed by atoms with E-state index in [0.29, 0.717) is 47.7 Å². The highest BCUT2D eigenvalue weighted by Gasteiger charge is 2.37. The molecule has 30 heteroatoms. The van der Waals surface area contributed by atoms with Crippen LogP contribution in [-0.2, 0) is 76.2 Å². The maximum Gasteiger partial charge on any atom is 0.216 e. The van der Waals surface area contributed by atoms with Gasteiger partial charge in [0.25, 0.3) is 0 Å². The third kappa shape index (κ3) is 54.2. The molecule has 24 nitrogen and oxygen atoms in total. The van der Waals surface area contributed by atoms with Crippen LogP contribution in [-0.4, -0.2) is 156 Å². The number of hydrogen-bond acceptors (Lipinski definition) is 21. The molecule has 6 aliphatic rings. The molecule has 0 aromatic heterocycles. The maximum atomic E-state index is 12.3. The normalized spacial score (nSPS) is 22.5. The summed E-state index contributed by atoms with van der Waals surface area (Å²) in [6.07, 6.45) is 31.4. The summed E-state index contributed by atoms with van der Waals surface area (Å²) in [6, 6.07) is 55.6. The van der Waals surface area contributed by atoms with Crippen LogP contribution in [0.4, 0.5) is 34.1 Å². The van der Waals surface area contributed by atoms with E-state index in [-0.39, 0.29) is 18.1 Å². The van der Waals surface area contributed by atoms with Crippen molar-refractivity contribution in [1.29, 1.82) is 0 Å². The number of para-hydroxylation sites is 1. The molecule has 6 saturated carbocycles. The van der Waals surface area contributed by atoms with Gasteiger partial charge in [0.2, 0.25) is 30.1 Å². The second-order valence-corrected chi connectivity index (χ2v) is 59.9. The van der Waals surface area contributed by atoms with Gasteiger partial charge in [0.15, 0.2) is 0 Å². The van der Waals surface area contributed by atoms with E-state index in [1.807, 2.05) is 18.2 Å². The minimum atomic E-state index is -3.25. The summed E-state index contributed by atoms with van der Waals surface area (Å²) < 4.78 is 138. The van der Waals surface area contributed by atoms with Gasteiger partial charge in [0, 0.05) is 124 Å². The largest absolute Gasteiger partial charge is 0.772 e. The van der Waals surface area contributed by atoms with Gasteiger partial charge in [-0.2, -0.15) is 0 Å². The fourth-order valence-electron chi connectivity index (χ4n) is 16.7. The topological polar surface area (TPSA) is 409 Å². The molecule has 4 atom stereocenters. The van der Waals surface area contributed by atoms with Crippen molar-refractivity contribution in [3.8, 4) is 0 Å². The Hall–Kier alpha value is -5.94. The number of rotatable bonds is 30. The van der Waals surface area contributed by atoms with Gasteiger partial charge in [0.05, 0.1) is 14.2 Å². The number of benzene rings is 6. The Morgan fingerprint density at radius 1 is 0.310 bits per heavy atom. The summed E-state index contributed by atoms with van der Waals surface area (Å²) in [5, 5.41) is 21.2. The number of nitrogens with two attached hydrogens (primary N) is 3. The summed E-state index contributed by atoms with van der Waals surface area (Å²) in [4.78, 5) is 0. The molecule has 0 spiro atoms. The lowest BCUT2D eigenvalue weighted by molar-refractivity contribution is 0.322. The zero-order chi connectivity index (χ0) is 109. The lowest BCUT2D eigenvalue weighted by Gasteiger charge is -2.31. The average molecular weight is 2130 g/mol. The third-order valence-corrected chi connectivity index (χ3v) is 37.8. The van der Waals surface area contributed by atoms with Crippen molar-refractivity contribution in [1.82, 2.24) is 14.2 Å². The van der Waals surface area contributed by atoms with Crippen molar-refractivity contribution in [3.05, 3.63) is 179 Å². The summed E-state index contributed by atoms with van der Waals surface area (Å²) in [5.41, 5.74) is 31.9. The molecule has 0 aliphatic heterocycles. The van der Waals surface area contributed by atoms with Crippen LogP contribution in [0.3, 0.4) is 0 Å². The summed E-state index contributed by atoms with van der Waals surface area (Å²) in [6.45, 7) is 52.1. The van der Waals surface area contributed by atoms with Crippen LogP contribution in [0.15, 0.2) is 152 Å². The number of aryl methyl sites for hydroxylation is 3. The third-order valence-electron chi connectivity index (χ3n) is 28.0. The van der Waals surface area contributed by atoms with E-state index in [4.69, 9.17) is 17.2 Å². The molecule has 0 saturated heterocycles. The molecular formula is C115H197N12O12S6-3. The highest BCUT2D eigenvalue weighted by atomic mass is 32.2. The van der Waals surface area contributed by atoms with Crippen LogP contribution in [0.5, 0.6) is 0 Å². The molecular weight excluding hydrogens is 1930 g/mol. The van der Waals surface area contributed by atoms with Crippen molar-refractivity contribution >= 4 is 97.4 Å². The first-order chi connectivity index (χ1) is 67.6. The van der Waals surface area contributed by atoms with E-state index in [2.05, 4.69) is 228 Å². The van der Waals surface area contributed by atoms with Crippen molar-refractivity contribution in [2.24, 2.45) is 52.7 Å². The zero-order valence-electron chi connectivity index (χ0n) is 93.6. The van der Waals surface area contributed by atoms with Crippen LogP contribution in [0.2, 0.25) is 0 Å². The Labute approximate surface area is 889 Å². The number of anilines is 6. The number of sulfonamides is 3. The molecule has 6 fully saturated rings. The van der Waals surface area contributed by atoms with Gasteiger partial charge in [-0.05, 0) is 481 Å². The molecule has 15 N–H and O–H groups in total. The van der Waals surface area contributed by atoms with E-state index in [1.54, 1.807) is 125 Å². The maximum absolute atomic E-state index is 12.3. The van der Waals surface area contributed by atoms with Gasteiger partial charge in [-0.25, -0.2) is 39.4 Å². The standard InChI is InChI=1S/C21H36N2O2S.C20H34N2O2S.C17H28N2O2S.C16H26N2.C15H24N2.C14H22N2.3C4H10O2S/c1-6-16(2)18-9-13-19(14-10-18)22-15-17-7-11-20(12-8-17)23-26(24,25)21(3,4)5;1-5-6-16-7-11-18(12-8-16)21-15-17-9-13-19(14-10-17)22-25(23,24)20(2,3)4;1-17(2,3)22(20,21)19-16-11-9-14(10-12-16)13-18-15-7-5-4-6-8-15;1-12(2)14-5-9-16(10-6-14)18-11-13-3-7-15(17)8-4-13;1-2-12-5-9-15(10-6-12)17-11-13-3-7-14(16)8-4-13;1-11-2-8-14(9-3-11)16-10-12-4-6-13(15)7-5-12;3*1-4(2,3)7(5)6/h9-10,13-14,16-17,20,22-23H,6-8,11-12,15H2,1-5H3;7-8,11-12,17,19,21-22H,5-6,9-10,13-15H2,1-4H3;4-8,14,16,18-19H,9-13H2,1-3H3;5-6,9-10,12-13,15,18H,3-4,7-8,11,17H2,1-2H3;5-6,9-10,13-14,17H,2-4,7-8,11,16H2,1H3;2-3,8-9,12-13,16H,4-7,10,15H2,1H3;3*1-3H3,(H,5,6)/p-3. The first-order valence-corrected chi connectivity index (χ1v) is 61.8. The smallest absolute Gasteiger partial charge is 0.216 e. The van der Waals surface area contributed by atoms with Crippen molar-refractivity contribution in [2.45, 2.75) is 429 Å². The lowest BCUT2D eigenvalue weighted by atomic mass is 9.86. The van der Waals surface area contributed by atoms with E-state index >= 15 is 0 Å². The highest BCUT2D eigenvalue weighted by Crippen LogP contribution is 2.34. The summed E-state index contributed by atoms with van der Waals surface area (Å²) in [5.74, 6) is 5.48. The van der Waals surface area contributed by atoms with Crippen LogP contribution in [0.25, 0.3) is 0 Å². The molecule has 4 unspecified atom stereocenters.